The Bertz CT molecular complexity index is 511. The van der Waals surface area contributed by atoms with Crippen molar-refractivity contribution in [3.8, 4) is 0 Å². The highest BCUT2D eigenvalue weighted by Gasteiger charge is 2.14. The van der Waals surface area contributed by atoms with Crippen LogP contribution in [0.15, 0.2) is 30.6 Å². The normalized spacial score (nSPS) is 14.4. The van der Waals surface area contributed by atoms with Crippen LogP contribution in [0.25, 0.3) is 0 Å². The van der Waals surface area contributed by atoms with Crippen LogP contribution in [0.4, 0.5) is 0 Å². The molecule has 3 nitrogen and oxygen atoms in total. The van der Waals surface area contributed by atoms with Gasteiger partial charge in [-0.25, -0.2) is 0 Å². The van der Waals surface area contributed by atoms with Crippen molar-refractivity contribution in [1.82, 2.24) is 15.5 Å². The molecular weight excluding hydrogens is 269 g/mol. The Morgan fingerprint density at radius 1 is 1.22 bits per heavy atom. The number of rotatable bonds is 4. The third-order valence-electron chi connectivity index (χ3n) is 2.94. The lowest BCUT2D eigenvalue weighted by atomic mass is 10.1. The molecule has 1 heterocycles. The van der Waals surface area contributed by atoms with Gasteiger partial charge < -0.3 is 5.32 Å². The van der Waals surface area contributed by atoms with Gasteiger partial charge in [-0.2, -0.15) is 5.10 Å². The number of halogens is 2. The summed E-state index contributed by atoms with van der Waals surface area (Å²) in [5.41, 5.74) is 2.11. The van der Waals surface area contributed by atoms with Crippen molar-refractivity contribution in [3.05, 3.63) is 51.8 Å². The van der Waals surface area contributed by atoms with Crippen LogP contribution in [0, 0.1) is 0 Å². The van der Waals surface area contributed by atoms with Gasteiger partial charge in [0, 0.05) is 33.9 Å². The standard InChI is InChI=1S/C13H15Cl2N3/c1-8(10-6-16-17-7-10)18-9(2)12-5-11(14)3-4-13(12)15/h3-9,18H,1-2H3,(H,16,17). The minimum Gasteiger partial charge on any atom is -0.303 e. The zero-order chi connectivity index (χ0) is 13.1. The van der Waals surface area contributed by atoms with E-state index in [1.165, 1.54) is 0 Å². The molecule has 18 heavy (non-hydrogen) atoms. The number of aromatic nitrogens is 2. The van der Waals surface area contributed by atoms with Crippen molar-refractivity contribution >= 4 is 23.2 Å². The summed E-state index contributed by atoms with van der Waals surface area (Å²) in [5.74, 6) is 0. The second-order valence-electron chi connectivity index (χ2n) is 4.31. The van der Waals surface area contributed by atoms with E-state index in [1.54, 1.807) is 6.07 Å². The zero-order valence-corrected chi connectivity index (χ0v) is 11.8. The maximum absolute atomic E-state index is 6.18. The summed E-state index contributed by atoms with van der Waals surface area (Å²) in [6.45, 7) is 4.15. The fourth-order valence-corrected chi connectivity index (χ4v) is 2.37. The molecule has 0 radical (unpaired) electrons. The fourth-order valence-electron chi connectivity index (χ4n) is 1.91. The largest absolute Gasteiger partial charge is 0.303 e. The summed E-state index contributed by atoms with van der Waals surface area (Å²) in [6, 6.07) is 5.80. The van der Waals surface area contributed by atoms with Gasteiger partial charge in [-0.15, -0.1) is 0 Å². The minimum atomic E-state index is 0.112. The van der Waals surface area contributed by atoms with Crippen LogP contribution in [0.3, 0.4) is 0 Å². The van der Waals surface area contributed by atoms with Gasteiger partial charge in [0.05, 0.1) is 6.20 Å². The molecule has 0 bridgehead atoms. The average Bonchev–Trinajstić information content (AvgIpc) is 2.85. The number of hydrogen-bond acceptors (Lipinski definition) is 2. The summed E-state index contributed by atoms with van der Waals surface area (Å²) in [6.07, 6.45) is 3.69. The van der Waals surface area contributed by atoms with Crippen LogP contribution in [0.5, 0.6) is 0 Å². The highest BCUT2D eigenvalue weighted by Crippen LogP contribution is 2.27. The molecule has 2 unspecified atom stereocenters. The van der Waals surface area contributed by atoms with E-state index in [-0.39, 0.29) is 12.1 Å². The van der Waals surface area contributed by atoms with E-state index in [9.17, 15) is 0 Å². The monoisotopic (exact) mass is 283 g/mol. The Labute approximate surface area is 117 Å². The molecule has 0 saturated heterocycles. The minimum absolute atomic E-state index is 0.112. The van der Waals surface area contributed by atoms with Crippen LogP contribution in [0.2, 0.25) is 10.0 Å². The Balaban J connectivity index is 2.12. The van der Waals surface area contributed by atoms with Crippen LogP contribution < -0.4 is 5.32 Å². The molecule has 2 N–H and O–H groups in total. The molecule has 0 saturated carbocycles. The number of hydrogen-bond donors (Lipinski definition) is 2. The van der Waals surface area contributed by atoms with Gasteiger partial charge in [0.25, 0.3) is 0 Å². The van der Waals surface area contributed by atoms with Gasteiger partial charge >= 0.3 is 0 Å². The van der Waals surface area contributed by atoms with Crippen molar-refractivity contribution in [2.75, 3.05) is 0 Å². The predicted octanol–water partition coefficient (Wildman–Crippen LogP) is 4.13. The van der Waals surface area contributed by atoms with Crippen molar-refractivity contribution in [2.45, 2.75) is 25.9 Å². The predicted molar refractivity (Wildman–Crippen MR) is 75.0 cm³/mol. The maximum Gasteiger partial charge on any atom is 0.0534 e. The first-order valence-corrected chi connectivity index (χ1v) is 6.53. The molecule has 0 fully saturated rings. The summed E-state index contributed by atoms with van der Waals surface area (Å²) >= 11 is 12.2. The van der Waals surface area contributed by atoms with Gasteiger partial charge in [-0.3, -0.25) is 5.10 Å². The highest BCUT2D eigenvalue weighted by atomic mass is 35.5. The maximum atomic E-state index is 6.18. The fraction of sp³-hybridized carbons (Fsp3) is 0.308. The van der Waals surface area contributed by atoms with Crippen LogP contribution in [-0.4, -0.2) is 10.2 Å². The average molecular weight is 284 g/mol. The molecule has 1 aromatic carbocycles. The molecule has 96 valence electrons. The number of aromatic amines is 1. The van der Waals surface area contributed by atoms with Gasteiger partial charge in [-0.1, -0.05) is 23.2 Å². The first kappa shape index (κ1) is 13.4. The third-order valence-corrected chi connectivity index (χ3v) is 3.52. The molecule has 2 rings (SSSR count). The van der Waals surface area contributed by atoms with E-state index in [2.05, 4.69) is 29.4 Å². The molecule has 0 spiro atoms. The quantitative estimate of drug-likeness (QED) is 0.886. The Morgan fingerprint density at radius 3 is 2.67 bits per heavy atom. The van der Waals surface area contributed by atoms with Gasteiger partial charge in [0.2, 0.25) is 0 Å². The van der Waals surface area contributed by atoms with E-state index in [4.69, 9.17) is 23.2 Å². The number of benzene rings is 1. The molecule has 2 aromatic rings. The van der Waals surface area contributed by atoms with E-state index < -0.39 is 0 Å². The third kappa shape index (κ3) is 3.05. The smallest absolute Gasteiger partial charge is 0.0534 e. The Kier molecular flexibility index (Phi) is 4.27. The van der Waals surface area contributed by atoms with E-state index >= 15 is 0 Å². The van der Waals surface area contributed by atoms with Gasteiger partial charge in [-0.05, 0) is 37.6 Å². The van der Waals surface area contributed by atoms with Crippen molar-refractivity contribution in [1.29, 1.82) is 0 Å². The zero-order valence-electron chi connectivity index (χ0n) is 10.2. The topological polar surface area (TPSA) is 40.7 Å². The molecule has 2 atom stereocenters. The molecule has 0 aliphatic rings. The highest BCUT2D eigenvalue weighted by molar-refractivity contribution is 6.33. The summed E-state index contributed by atoms with van der Waals surface area (Å²) in [5, 5.41) is 11.6. The number of nitrogens with zero attached hydrogens (tertiary/aromatic N) is 1. The van der Waals surface area contributed by atoms with Gasteiger partial charge in [0.15, 0.2) is 0 Å². The number of H-pyrrole nitrogens is 1. The number of nitrogens with one attached hydrogen (secondary N) is 2. The van der Waals surface area contributed by atoms with Crippen LogP contribution in [-0.2, 0) is 0 Å². The van der Waals surface area contributed by atoms with Crippen molar-refractivity contribution in [2.24, 2.45) is 0 Å². The molecule has 0 amide bonds. The van der Waals surface area contributed by atoms with Gasteiger partial charge in [0.1, 0.15) is 0 Å². The summed E-state index contributed by atoms with van der Waals surface area (Å²) in [7, 11) is 0. The summed E-state index contributed by atoms with van der Waals surface area (Å²) in [4.78, 5) is 0. The lowest BCUT2D eigenvalue weighted by Crippen LogP contribution is -2.22. The Hall–Kier alpha value is -1.03. The van der Waals surface area contributed by atoms with E-state index in [0.717, 1.165) is 16.1 Å². The second-order valence-corrected chi connectivity index (χ2v) is 5.15. The lowest BCUT2D eigenvalue weighted by Gasteiger charge is -2.20. The lowest BCUT2D eigenvalue weighted by molar-refractivity contribution is 0.495. The van der Waals surface area contributed by atoms with Crippen molar-refractivity contribution < 1.29 is 0 Å². The summed E-state index contributed by atoms with van der Waals surface area (Å²) < 4.78 is 0. The van der Waals surface area contributed by atoms with Crippen LogP contribution in [0.1, 0.15) is 37.1 Å². The molecule has 0 aliphatic carbocycles. The molecule has 0 aliphatic heterocycles. The van der Waals surface area contributed by atoms with Crippen molar-refractivity contribution in [3.63, 3.8) is 0 Å². The molecule has 5 heteroatoms. The molecule has 1 aromatic heterocycles. The SMILES string of the molecule is CC(NC(C)c1cc(Cl)ccc1Cl)c1cn[nH]c1. The van der Waals surface area contributed by atoms with E-state index in [0.29, 0.717) is 5.02 Å². The first-order valence-electron chi connectivity index (χ1n) is 5.77. The second kappa shape index (κ2) is 5.74. The Morgan fingerprint density at radius 2 is 2.00 bits per heavy atom. The molecular formula is C13H15Cl2N3. The van der Waals surface area contributed by atoms with E-state index in [1.807, 2.05) is 24.5 Å². The van der Waals surface area contributed by atoms with Crippen LogP contribution >= 0.6 is 23.2 Å². The first-order chi connectivity index (χ1) is 8.58.